The molecule has 0 radical (unpaired) electrons. The molecule has 1 fully saturated rings. The van der Waals surface area contributed by atoms with E-state index in [2.05, 4.69) is 15.0 Å². The summed E-state index contributed by atoms with van der Waals surface area (Å²) >= 11 is 0. The molecule has 0 spiro atoms. The largest absolute Gasteiger partial charge is 0.472 e. The van der Waals surface area contributed by atoms with Crippen LogP contribution in [0, 0.1) is 13.8 Å². The molecule has 4 rings (SSSR count). The van der Waals surface area contributed by atoms with Crippen LogP contribution in [0.5, 0.6) is 5.88 Å². The Kier molecular flexibility index (Phi) is 4.32. The van der Waals surface area contributed by atoms with Crippen molar-refractivity contribution in [1.82, 2.24) is 19.9 Å². The van der Waals surface area contributed by atoms with Gasteiger partial charge in [-0.2, -0.15) is 4.98 Å². The van der Waals surface area contributed by atoms with E-state index in [0.717, 1.165) is 36.0 Å². The molecule has 0 unspecified atom stereocenters. The number of aromatic nitrogens is 3. The fourth-order valence-electron chi connectivity index (χ4n) is 3.50. The van der Waals surface area contributed by atoms with Gasteiger partial charge in [0.05, 0.1) is 6.54 Å². The molecule has 1 saturated heterocycles. The van der Waals surface area contributed by atoms with Crippen LogP contribution in [0.1, 0.15) is 34.7 Å². The van der Waals surface area contributed by atoms with E-state index >= 15 is 0 Å². The average Bonchev–Trinajstić information content (AvgIpc) is 3.08. The first-order valence-corrected chi connectivity index (χ1v) is 8.94. The Morgan fingerprint density at radius 1 is 1.23 bits per heavy atom. The summed E-state index contributed by atoms with van der Waals surface area (Å²) in [5.41, 5.74) is 2.57. The molecule has 1 atom stereocenters. The van der Waals surface area contributed by atoms with Gasteiger partial charge < -0.3 is 14.6 Å². The number of carbonyl (C=O) groups excluding carboxylic acids is 1. The minimum Gasteiger partial charge on any atom is -0.472 e. The van der Waals surface area contributed by atoms with E-state index in [1.807, 2.05) is 55.3 Å². The molecular formula is C20H22N4O2. The lowest BCUT2D eigenvalue weighted by Gasteiger charge is -2.32. The van der Waals surface area contributed by atoms with Crippen LogP contribution < -0.4 is 4.74 Å². The van der Waals surface area contributed by atoms with E-state index in [9.17, 15) is 4.79 Å². The Labute approximate surface area is 152 Å². The summed E-state index contributed by atoms with van der Waals surface area (Å²) in [5.74, 6) is 1.33. The van der Waals surface area contributed by atoms with Crippen molar-refractivity contribution in [3.05, 3.63) is 53.6 Å². The molecule has 0 aliphatic carbocycles. The molecule has 1 aromatic carbocycles. The van der Waals surface area contributed by atoms with Gasteiger partial charge in [-0.05, 0) is 50.3 Å². The van der Waals surface area contributed by atoms with Gasteiger partial charge in [0.15, 0.2) is 0 Å². The highest BCUT2D eigenvalue weighted by Crippen LogP contribution is 2.21. The predicted molar refractivity (Wildman–Crippen MR) is 99.4 cm³/mol. The average molecular weight is 350 g/mol. The molecule has 6 nitrogen and oxygen atoms in total. The number of rotatable bonds is 3. The van der Waals surface area contributed by atoms with Crippen LogP contribution in [0.15, 0.2) is 36.5 Å². The zero-order chi connectivity index (χ0) is 18.1. The lowest BCUT2D eigenvalue weighted by molar-refractivity contribution is 0.0527. The number of hydrogen-bond donors (Lipinski definition) is 1. The van der Waals surface area contributed by atoms with Crippen molar-refractivity contribution in [1.29, 1.82) is 0 Å². The Bertz CT molecular complexity index is 930. The molecule has 2 aromatic heterocycles. The van der Waals surface area contributed by atoms with Gasteiger partial charge in [-0.1, -0.05) is 6.07 Å². The molecule has 1 aliphatic rings. The van der Waals surface area contributed by atoms with Gasteiger partial charge in [-0.15, -0.1) is 0 Å². The normalized spacial score (nSPS) is 17.5. The quantitative estimate of drug-likeness (QED) is 0.787. The second-order valence-corrected chi connectivity index (χ2v) is 6.81. The minimum atomic E-state index is -0.0457. The lowest BCUT2D eigenvalue weighted by atomic mass is 10.1. The standard InChI is InChI=1S/C20H22N4O2/c1-13-10-19(23-14(2)22-13)26-17-4-3-9-24(12-17)20(25)16-6-5-15-7-8-21-18(15)11-16/h5-8,10-11,17,21H,3-4,9,12H2,1-2H3/t17-/m1/s1. The number of hydrogen-bond acceptors (Lipinski definition) is 4. The van der Waals surface area contributed by atoms with Crippen molar-refractivity contribution in [3.8, 4) is 5.88 Å². The molecule has 1 N–H and O–H groups in total. The van der Waals surface area contributed by atoms with Crippen molar-refractivity contribution in [2.24, 2.45) is 0 Å². The van der Waals surface area contributed by atoms with Crippen molar-refractivity contribution in [3.63, 3.8) is 0 Å². The highest BCUT2D eigenvalue weighted by molar-refractivity contribution is 5.98. The van der Waals surface area contributed by atoms with Crippen molar-refractivity contribution >= 4 is 16.8 Å². The van der Waals surface area contributed by atoms with Gasteiger partial charge in [-0.25, -0.2) is 4.98 Å². The summed E-state index contributed by atoms with van der Waals surface area (Å²) in [6.45, 7) is 5.11. The highest BCUT2D eigenvalue weighted by atomic mass is 16.5. The zero-order valence-electron chi connectivity index (χ0n) is 15.0. The molecule has 134 valence electrons. The van der Waals surface area contributed by atoms with E-state index in [1.165, 1.54) is 0 Å². The number of nitrogens with one attached hydrogen (secondary N) is 1. The maximum Gasteiger partial charge on any atom is 0.254 e. The van der Waals surface area contributed by atoms with Crippen LogP contribution in [-0.4, -0.2) is 45.0 Å². The van der Waals surface area contributed by atoms with Crippen LogP contribution >= 0.6 is 0 Å². The smallest absolute Gasteiger partial charge is 0.254 e. The lowest BCUT2D eigenvalue weighted by Crippen LogP contribution is -2.44. The monoisotopic (exact) mass is 350 g/mol. The third-order valence-electron chi connectivity index (χ3n) is 4.70. The number of H-pyrrole nitrogens is 1. The molecule has 3 aromatic rings. The molecule has 3 heterocycles. The first-order valence-electron chi connectivity index (χ1n) is 8.94. The van der Waals surface area contributed by atoms with Gasteiger partial charge >= 0.3 is 0 Å². The molecule has 6 heteroatoms. The van der Waals surface area contributed by atoms with Crippen LogP contribution in [0.3, 0.4) is 0 Å². The second kappa shape index (κ2) is 6.78. The number of carbonyl (C=O) groups is 1. The van der Waals surface area contributed by atoms with E-state index in [0.29, 0.717) is 23.8 Å². The number of aromatic amines is 1. The van der Waals surface area contributed by atoms with Crippen molar-refractivity contribution in [2.45, 2.75) is 32.8 Å². The number of likely N-dealkylation sites (tertiary alicyclic amines) is 1. The van der Waals surface area contributed by atoms with Crippen molar-refractivity contribution in [2.75, 3.05) is 13.1 Å². The predicted octanol–water partition coefficient (Wildman–Crippen LogP) is 3.26. The Hall–Kier alpha value is -2.89. The van der Waals surface area contributed by atoms with E-state index in [4.69, 9.17) is 4.74 Å². The maximum atomic E-state index is 12.9. The highest BCUT2D eigenvalue weighted by Gasteiger charge is 2.26. The zero-order valence-corrected chi connectivity index (χ0v) is 15.0. The number of amides is 1. The third-order valence-corrected chi connectivity index (χ3v) is 4.70. The minimum absolute atomic E-state index is 0.0457. The molecule has 1 amide bonds. The number of aryl methyl sites for hydroxylation is 2. The molecule has 0 bridgehead atoms. The third kappa shape index (κ3) is 3.40. The van der Waals surface area contributed by atoms with E-state index in [-0.39, 0.29) is 12.0 Å². The SMILES string of the molecule is Cc1cc(O[C@@H]2CCCN(C(=O)c3ccc4cc[nH]c4c3)C2)nc(C)n1. The maximum absolute atomic E-state index is 12.9. The first kappa shape index (κ1) is 16.6. The molecule has 0 saturated carbocycles. The number of fused-ring (bicyclic) bond motifs is 1. The number of benzene rings is 1. The number of piperidine rings is 1. The molecule has 26 heavy (non-hydrogen) atoms. The summed E-state index contributed by atoms with van der Waals surface area (Å²) in [4.78, 5) is 26.6. The van der Waals surface area contributed by atoms with Crippen LogP contribution in [0.2, 0.25) is 0 Å². The van der Waals surface area contributed by atoms with Gasteiger partial charge in [0.2, 0.25) is 5.88 Å². The van der Waals surface area contributed by atoms with Gasteiger partial charge in [0.25, 0.3) is 5.91 Å². The fourth-order valence-corrected chi connectivity index (χ4v) is 3.50. The summed E-state index contributed by atoms with van der Waals surface area (Å²) in [7, 11) is 0. The first-order chi connectivity index (χ1) is 12.6. The Morgan fingerprint density at radius 3 is 2.96 bits per heavy atom. The van der Waals surface area contributed by atoms with Crippen LogP contribution in [0.25, 0.3) is 10.9 Å². The summed E-state index contributed by atoms with van der Waals surface area (Å²) in [6, 6.07) is 9.62. The second-order valence-electron chi connectivity index (χ2n) is 6.81. The fraction of sp³-hybridized carbons (Fsp3) is 0.350. The molecular weight excluding hydrogens is 328 g/mol. The van der Waals surface area contributed by atoms with Crippen molar-refractivity contribution < 1.29 is 9.53 Å². The van der Waals surface area contributed by atoms with E-state index < -0.39 is 0 Å². The van der Waals surface area contributed by atoms with Gasteiger partial charge in [0, 0.05) is 35.6 Å². The van der Waals surface area contributed by atoms with E-state index in [1.54, 1.807) is 0 Å². The summed E-state index contributed by atoms with van der Waals surface area (Å²) < 4.78 is 6.04. The summed E-state index contributed by atoms with van der Waals surface area (Å²) in [6.07, 6.45) is 3.68. The van der Waals surface area contributed by atoms with Gasteiger partial charge in [0.1, 0.15) is 11.9 Å². The number of nitrogens with zero attached hydrogens (tertiary/aromatic N) is 3. The van der Waals surface area contributed by atoms with Crippen LogP contribution in [-0.2, 0) is 0 Å². The summed E-state index contributed by atoms with van der Waals surface area (Å²) in [5, 5.41) is 1.11. The topological polar surface area (TPSA) is 71.1 Å². The number of ether oxygens (including phenoxy) is 1. The van der Waals surface area contributed by atoms with Gasteiger partial charge in [-0.3, -0.25) is 4.79 Å². The Balaban J connectivity index is 1.47. The van der Waals surface area contributed by atoms with Crippen LogP contribution in [0.4, 0.5) is 0 Å². The Morgan fingerprint density at radius 2 is 2.12 bits per heavy atom. The molecule has 1 aliphatic heterocycles.